The highest BCUT2D eigenvalue weighted by Gasteiger charge is 2.33. The lowest BCUT2D eigenvalue weighted by molar-refractivity contribution is 0.0872. The summed E-state index contributed by atoms with van der Waals surface area (Å²) in [5.41, 5.74) is 1.54. The Morgan fingerprint density at radius 2 is 2.20 bits per heavy atom. The average Bonchev–Trinajstić information content (AvgIpc) is 2.85. The highest BCUT2D eigenvalue weighted by atomic mass is 32.1. The van der Waals surface area contributed by atoms with E-state index in [1.54, 1.807) is 11.3 Å². The molecule has 0 saturated carbocycles. The number of nitrogens with one attached hydrogen (secondary N) is 2. The van der Waals surface area contributed by atoms with Gasteiger partial charge in [0.2, 0.25) is 0 Å². The Balaban J connectivity index is 1.71. The molecule has 1 aromatic heterocycles. The number of rotatable bonds is 2. The van der Waals surface area contributed by atoms with Crippen LogP contribution in [0.15, 0.2) is 6.07 Å². The summed E-state index contributed by atoms with van der Waals surface area (Å²) in [7, 11) is 0. The van der Waals surface area contributed by atoms with E-state index in [4.69, 9.17) is 0 Å². The van der Waals surface area contributed by atoms with Crippen LogP contribution in [0.1, 0.15) is 53.2 Å². The van der Waals surface area contributed by atoms with Crippen molar-refractivity contribution in [3.8, 4) is 0 Å². The third-order valence-electron chi connectivity index (χ3n) is 4.66. The molecule has 0 bridgehead atoms. The van der Waals surface area contributed by atoms with Crippen LogP contribution < -0.4 is 10.6 Å². The number of piperidine rings is 1. The Labute approximate surface area is 125 Å². The Morgan fingerprint density at radius 3 is 2.95 bits per heavy atom. The van der Waals surface area contributed by atoms with Crippen molar-refractivity contribution < 1.29 is 4.79 Å². The van der Waals surface area contributed by atoms with Gasteiger partial charge in [-0.05, 0) is 55.7 Å². The van der Waals surface area contributed by atoms with E-state index in [9.17, 15) is 4.79 Å². The van der Waals surface area contributed by atoms with Gasteiger partial charge in [0.05, 0.1) is 4.88 Å². The number of aryl methyl sites for hydroxylation is 2. The van der Waals surface area contributed by atoms with Crippen LogP contribution in [0.2, 0.25) is 0 Å². The molecule has 2 N–H and O–H groups in total. The second-order valence-corrected chi connectivity index (χ2v) is 7.88. The number of thiophene rings is 1. The zero-order valence-corrected chi connectivity index (χ0v) is 13.2. The lowest BCUT2D eigenvalue weighted by Gasteiger charge is -2.39. The van der Waals surface area contributed by atoms with Gasteiger partial charge in [-0.1, -0.05) is 13.8 Å². The maximum atomic E-state index is 12.5. The van der Waals surface area contributed by atoms with Gasteiger partial charge in [0.1, 0.15) is 0 Å². The number of hydrogen-bond acceptors (Lipinski definition) is 3. The van der Waals surface area contributed by atoms with E-state index in [2.05, 4.69) is 30.5 Å². The fourth-order valence-electron chi connectivity index (χ4n) is 3.27. The normalized spacial score (nSPS) is 25.0. The van der Waals surface area contributed by atoms with Gasteiger partial charge in [-0.3, -0.25) is 4.79 Å². The number of fused-ring (bicyclic) bond motifs is 1. The zero-order chi connectivity index (χ0) is 14.2. The van der Waals surface area contributed by atoms with Gasteiger partial charge in [0.15, 0.2) is 0 Å². The van der Waals surface area contributed by atoms with Crippen molar-refractivity contribution >= 4 is 17.2 Å². The summed E-state index contributed by atoms with van der Waals surface area (Å²) in [5.74, 6) is 0.129. The number of carbonyl (C=O) groups is 1. The molecule has 0 spiro atoms. The van der Waals surface area contributed by atoms with Crippen molar-refractivity contribution in [1.29, 1.82) is 0 Å². The molecule has 1 amide bonds. The fraction of sp³-hybridized carbons (Fsp3) is 0.688. The van der Waals surface area contributed by atoms with Gasteiger partial charge < -0.3 is 10.6 Å². The van der Waals surface area contributed by atoms with E-state index in [0.717, 1.165) is 37.2 Å². The van der Waals surface area contributed by atoms with E-state index >= 15 is 0 Å². The van der Waals surface area contributed by atoms with Crippen LogP contribution in [0.25, 0.3) is 0 Å². The second kappa shape index (κ2) is 5.49. The van der Waals surface area contributed by atoms with Crippen molar-refractivity contribution in [2.45, 2.75) is 52.0 Å². The maximum absolute atomic E-state index is 12.5. The first kappa shape index (κ1) is 14.1. The number of amides is 1. The van der Waals surface area contributed by atoms with Crippen LogP contribution in [-0.4, -0.2) is 25.0 Å². The van der Waals surface area contributed by atoms with Gasteiger partial charge in [-0.2, -0.15) is 0 Å². The maximum Gasteiger partial charge on any atom is 0.261 e. The standard InChI is InChI=1S/C16H24N2OS/c1-16(2)10-17-8-7-14(16)18-15(19)13-9-11-5-3-4-6-12(11)20-13/h9,14,17H,3-8,10H2,1-2H3,(H,18,19). The van der Waals surface area contributed by atoms with Gasteiger partial charge in [0, 0.05) is 17.5 Å². The van der Waals surface area contributed by atoms with Gasteiger partial charge in [-0.25, -0.2) is 0 Å². The lowest BCUT2D eigenvalue weighted by atomic mass is 9.80. The number of hydrogen-bond donors (Lipinski definition) is 2. The van der Waals surface area contributed by atoms with E-state index in [1.807, 2.05) is 0 Å². The Kier molecular flexibility index (Phi) is 3.87. The predicted molar refractivity (Wildman–Crippen MR) is 83.5 cm³/mol. The van der Waals surface area contributed by atoms with Crippen molar-refractivity contribution in [3.05, 3.63) is 21.4 Å². The first-order valence-corrected chi connectivity index (χ1v) is 8.51. The molecule has 1 unspecified atom stereocenters. The molecule has 3 rings (SSSR count). The highest BCUT2D eigenvalue weighted by molar-refractivity contribution is 7.14. The summed E-state index contributed by atoms with van der Waals surface area (Å²) in [6.07, 6.45) is 5.87. The molecule has 1 fully saturated rings. The number of carbonyl (C=O) groups excluding carboxylic acids is 1. The Morgan fingerprint density at radius 1 is 1.40 bits per heavy atom. The molecule has 0 aromatic carbocycles. The molecule has 1 aliphatic heterocycles. The van der Waals surface area contributed by atoms with E-state index in [-0.39, 0.29) is 17.4 Å². The first-order valence-electron chi connectivity index (χ1n) is 7.69. The molecule has 2 heterocycles. The molecule has 2 aliphatic rings. The zero-order valence-electron chi connectivity index (χ0n) is 12.4. The van der Waals surface area contributed by atoms with Crippen molar-refractivity contribution in [3.63, 3.8) is 0 Å². The van der Waals surface area contributed by atoms with E-state index < -0.39 is 0 Å². The summed E-state index contributed by atoms with van der Waals surface area (Å²) < 4.78 is 0. The molecule has 1 aliphatic carbocycles. The minimum atomic E-state index is 0.129. The summed E-state index contributed by atoms with van der Waals surface area (Å²) in [5, 5.41) is 6.68. The van der Waals surface area contributed by atoms with E-state index in [0.29, 0.717) is 0 Å². The lowest BCUT2D eigenvalue weighted by Crippen LogP contribution is -2.54. The van der Waals surface area contributed by atoms with Crippen LogP contribution in [0, 0.1) is 5.41 Å². The highest BCUT2D eigenvalue weighted by Crippen LogP contribution is 2.30. The van der Waals surface area contributed by atoms with Crippen LogP contribution in [0.4, 0.5) is 0 Å². The monoisotopic (exact) mass is 292 g/mol. The smallest absolute Gasteiger partial charge is 0.261 e. The van der Waals surface area contributed by atoms with Crippen LogP contribution in [-0.2, 0) is 12.8 Å². The minimum absolute atomic E-state index is 0.129. The quantitative estimate of drug-likeness (QED) is 0.880. The SMILES string of the molecule is CC1(C)CNCCC1NC(=O)c1cc2c(s1)CCCC2. The summed E-state index contributed by atoms with van der Waals surface area (Å²) in [6, 6.07) is 2.40. The van der Waals surface area contributed by atoms with Gasteiger partial charge in [-0.15, -0.1) is 11.3 Å². The summed E-state index contributed by atoms with van der Waals surface area (Å²) >= 11 is 1.70. The molecular weight excluding hydrogens is 268 g/mol. The Bertz CT molecular complexity index is 483. The molecule has 1 aromatic rings. The molecule has 110 valence electrons. The predicted octanol–water partition coefficient (Wildman–Crippen LogP) is 2.74. The molecule has 3 nitrogen and oxygen atoms in total. The fourth-order valence-corrected chi connectivity index (χ4v) is 4.43. The molecular formula is C16H24N2OS. The van der Waals surface area contributed by atoms with Crippen LogP contribution in [0.5, 0.6) is 0 Å². The average molecular weight is 292 g/mol. The summed E-state index contributed by atoms with van der Waals surface area (Å²) in [6.45, 7) is 6.42. The molecule has 1 saturated heterocycles. The third-order valence-corrected chi connectivity index (χ3v) is 5.90. The van der Waals surface area contributed by atoms with Crippen molar-refractivity contribution in [1.82, 2.24) is 10.6 Å². The molecule has 0 radical (unpaired) electrons. The largest absolute Gasteiger partial charge is 0.348 e. The van der Waals surface area contributed by atoms with Gasteiger partial charge in [0.25, 0.3) is 5.91 Å². The molecule has 1 atom stereocenters. The molecule has 4 heteroatoms. The van der Waals surface area contributed by atoms with Crippen LogP contribution in [0.3, 0.4) is 0 Å². The van der Waals surface area contributed by atoms with Gasteiger partial charge >= 0.3 is 0 Å². The minimum Gasteiger partial charge on any atom is -0.348 e. The third kappa shape index (κ3) is 2.77. The Hall–Kier alpha value is -0.870. The topological polar surface area (TPSA) is 41.1 Å². The first-order chi connectivity index (χ1) is 9.56. The van der Waals surface area contributed by atoms with Crippen molar-refractivity contribution in [2.75, 3.05) is 13.1 Å². The van der Waals surface area contributed by atoms with Crippen LogP contribution >= 0.6 is 11.3 Å². The summed E-state index contributed by atoms with van der Waals surface area (Å²) in [4.78, 5) is 14.8. The molecule has 20 heavy (non-hydrogen) atoms. The van der Waals surface area contributed by atoms with E-state index in [1.165, 1.54) is 23.3 Å². The second-order valence-electron chi connectivity index (χ2n) is 6.75. The van der Waals surface area contributed by atoms with Crippen molar-refractivity contribution in [2.24, 2.45) is 5.41 Å².